The quantitative estimate of drug-likeness (QED) is 0.375. The number of urea groups is 1. The zero-order valence-electron chi connectivity index (χ0n) is 18.5. The van der Waals surface area contributed by atoms with Crippen LogP contribution in [0.3, 0.4) is 0 Å². The van der Waals surface area contributed by atoms with Crippen molar-refractivity contribution in [2.24, 2.45) is 0 Å². The van der Waals surface area contributed by atoms with E-state index in [2.05, 4.69) is 21.2 Å². The van der Waals surface area contributed by atoms with Gasteiger partial charge in [-0.15, -0.1) is 0 Å². The molecular formula is C26H19BrN2O6. The molecule has 4 amide bonds. The summed E-state index contributed by atoms with van der Waals surface area (Å²) >= 11 is 3.41. The minimum Gasteiger partial charge on any atom is -0.488 e. The molecule has 0 bridgehead atoms. The van der Waals surface area contributed by atoms with Gasteiger partial charge in [0, 0.05) is 10.0 Å². The largest absolute Gasteiger partial charge is 0.488 e. The molecule has 2 heterocycles. The number of nitrogens with zero attached hydrogens (tertiary/aromatic N) is 1. The van der Waals surface area contributed by atoms with Gasteiger partial charge in [-0.05, 0) is 60.5 Å². The van der Waals surface area contributed by atoms with E-state index in [0.717, 1.165) is 20.5 Å². The van der Waals surface area contributed by atoms with Crippen molar-refractivity contribution in [2.75, 3.05) is 11.7 Å². The molecule has 176 valence electrons. The normalized spacial score (nSPS) is 16.0. The van der Waals surface area contributed by atoms with Crippen LogP contribution in [0.2, 0.25) is 0 Å². The fourth-order valence-electron chi connectivity index (χ4n) is 3.74. The van der Waals surface area contributed by atoms with Crippen LogP contribution in [0.4, 0.5) is 10.5 Å². The predicted molar refractivity (Wildman–Crippen MR) is 131 cm³/mol. The van der Waals surface area contributed by atoms with Gasteiger partial charge in [-0.3, -0.25) is 14.9 Å². The smallest absolute Gasteiger partial charge is 0.335 e. The maximum atomic E-state index is 13.2. The third kappa shape index (κ3) is 4.50. The van der Waals surface area contributed by atoms with Crippen LogP contribution in [0, 0.1) is 6.92 Å². The number of carbonyl (C=O) groups excluding carboxylic acids is 3. The minimum atomic E-state index is -0.800. The van der Waals surface area contributed by atoms with Gasteiger partial charge < -0.3 is 14.2 Å². The van der Waals surface area contributed by atoms with Gasteiger partial charge in [0.05, 0.1) is 5.69 Å². The Morgan fingerprint density at radius 1 is 1.03 bits per heavy atom. The van der Waals surface area contributed by atoms with Gasteiger partial charge in [-0.25, -0.2) is 9.69 Å². The van der Waals surface area contributed by atoms with Crippen LogP contribution in [0.5, 0.6) is 17.2 Å². The molecule has 5 rings (SSSR count). The number of halogens is 1. The highest BCUT2D eigenvalue weighted by Gasteiger charge is 2.37. The van der Waals surface area contributed by atoms with Gasteiger partial charge in [0.2, 0.25) is 6.79 Å². The van der Waals surface area contributed by atoms with E-state index in [1.165, 1.54) is 6.08 Å². The van der Waals surface area contributed by atoms with E-state index >= 15 is 0 Å². The number of imide groups is 2. The second-order valence-electron chi connectivity index (χ2n) is 7.91. The lowest BCUT2D eigenvalue weighted by Gasteiger charge is -2.26. The number of hydrogen-bond acceptors (Lipinski definition) is 6. The Kier molecular flexibility index (Phi) is 6.00. The molecule has 2 aliphatic heterocycles. The minimum absolute atomic E-state index is 0.177. The molecule has 0 unspecified atom stereocenters. The lowest BCUT2D eigenvalue weighted by atomic mass is 10.1. The van der Waals surface area contributed by atoms with Crippen LogP contribution in [0.15, 0.2) is 70.7 Å². The molecule has 9 heteroatoms. The van der Waals surface area contributed by atoms with E-state index in [4.69, 9.17) is 14.2 Å². The number of rotatable bonds is 5. The summed E-state index contributed by atoms with van der Waals surface area (Å²) in [5.41, 5.74) is 2.41. The van der Waals surface area contributed by atoms with Gasteiger partial charge >= 0.3 is 6.03 Å². The van der Waals surface area contributed by atoms with Gasteiger partial charge in [-0.2, -0.15) is 0 Å². The summed E-state index contributed by atoms with van der Waals surface area (Å²) in [5, 5.41) is 2.24. The second-order valence-corrected chi connectivity index (χ2v) is 8.76. The van der Waals surface area contributed by atoms with E-state index in [-0.39, 0.29) is 19.0 Å². The van der Waals surface area contributed by atoms with Crippen LogP contribution in [0.1, 0.15) is 16.7 Å². The van der Waals surface area contributed by atoms with E-state index in [0.29, 0.717) is 28.5 Å². The summed E-state index contributed by atoms with van der Waals surface area (Å²) in [7, 11) is 0. The van der Waals surface area contributed by atoms with Crippen molar-refractivity contribution in [2.45, 2.75) is 13.5 Å². The number of barbiturate groups is 1. The Morgan fingerprint density at radius 3 is 2.66 bits per heavy atom. The van der Waals surface area contributed by atoms with Gasteiger partial charge in [0.15, 0.2) is 11.5 Å². The molecule has 35 heavy (non-hydrogen) atoms. The number of amides is 4. The third-order valence-corrected chi connectivity index (χ3v) is 6.44. The summed E-state index contributed by atoms with van der Waals surface area (Å²) in [6.07, 6.45) is 1.43. The number of benzene rings is 3. The van der Waals surface area contributed by atoms with Crippen molar-refractivity contribution < 1.29 is 28.6 Å². The highest BCUT2D eigenvalue weighted by Crippen LogP contribution is 2.33. The number of para-hydroxylation sites is 1. The first-order valence-corrected chi connectivity index (χ1v) is 11.5. The Labute approximate surface area is 209 Å². The van der Waals surface area contributed by atoms with Crippen molar-refractivity contribution in [1.29, 1.82) is 0 Å². The molecule has 0 aliphatic carbocycles. The molecular weight excluding hydrogens is 516 g/mol. The average molecular weight is 535 g/mol. The SMILES string of the molecule is Cc1cc(N2C(=O)NC(=O)/C(=C\c3ccccc3OCc3ccc4c(c3)OCO4)C2=O)ccc1Br. The molecule has 0 spiro atoms. The molecule has 2 aliphatic rings. The van der Waals surface area contributed by atoms with Crippen molar-refractivity contribution in [3.8, 4) is 17.2 Å². The summed E-state index contributed by atoms with van der Waals surface area (Å²) < 4.78 is 17.6. The van der Waals surface area contributed by atoms with Gasteiger partial charge in [-0.1, -0.05) is 40.2 Å². The summed E-state index contributed by atoms with van der Waals surface area (Å²) in [6, 6.07) is 16.8. The van der Waals surface area contributed by atoms with Crippen LogP contribution >= 0.6 is 15.9 Å². The van der Waals surface area contributed by atoms with Gasteiger partial charge in [0.1, 0.15) is 17.9 Å². The van der Waals surface area contributed by atoms with Crippen molar-refractivity contribution in [3.63, 3.8) is 0 Å². The summed E-state index contributed by atoms with van der Waals surface area (Å²) in [6.45, 7) is 2.26. The van der Waals surface area contributed by atoms with Crippen LogP contribution in [-0.2, 0) is 16.2 Å². The first-order chi connectivity index (χ1) is 16.9. The zero-order chi connectivity index (χ0) is 24.5. The molecule has 1 N–H and O–H groups in total. The molecule has 1 saturated heterocycles. The molecule has 3 aromatic rings. The lowest BCUT2D eigenvalue weighted by Crippen LogP contribution is -2.54. The monoisotopic (exact) mass is 534 g/mol. The number of nitrogens with one attached hydrogen (secondary N) is 1. The fraction of sp³-hybridized carbons (Fsp3) is 0.115. The number of aryl methyl sites for hydroxylation is 1. The van der Waals surface area contributed by atoms with E-state index in [1.807, 2.05) is 25.1 Å². The maximum absolute atomic E-state index is 13.2. The van der Waals surface area contributed by atoms with Crippen LogP contribution in [-0.4, -0.2) is 24.6 Å². The molecule has 0 saturated carbocycles. The first kappa shape index (κ1) is 22.7. The highest BCUT2D eigenvalue weighted by molar-refractivity contribution is 9.10. The number of carbonyl (C=O) groups is 3. The van der Waals surface area contributed by atoms with Crippen molar-refractivity contribution in [3.05, 3.63) is 87.4 Å². The summed E-state index contributed by atoms with van der Waals surface area (Å²) in [4.78, 5) is 39.3. The standard InChI is InChI=1S/C26H19BrN2O6/c1-15-10-18(7-8-20(15)27)29-25(31)19(24(30)28-26(29)32)12-17-4-2-3-5-21(17)33-13-16-6-9-22-23(11-16)35-14-34-22/h2-12H,13-14H2,1H3,(H,28,30,32)/b19-12+. The molecule has 8 nitrogen and oxygen atoms in total. The Bertz CT molecular complexity index is 1400. The first-order valence-electron chi connectivity index (χ1n) is 10.7. The second kappa shape index (κ2) is 9.27. The Hall–Kier alpha value is -4.11. The number of hydrogen-bond donors (Lipinski definition) is 1. The van der Waals surface area contributed by atoms with Gasteiger partial charge in [0.25, 0.3) is 11.8 Å². The highest BCUT2D eigenvalue weighted by atomic mass is 79.9. The molecule has 0 aromatic heterocycles. The van der Waals surface area contributed by atoms with Crippen LogP contribution < -0.4 is 24.4 Å². The van der Waals surface area contributed by atoms with E-state index < -0.39 is 17.8 Å². The third-order valence-electron chi connectivity index (χ3n) is 5.55. The van der Waals surface area contributed by atoms with Crippen molar-refractivity contribution >= 4 is 45.5 Å². The van der Waals surface area contributed by atoms with E-state index in [9.17, 15) is 14.4 Å². The fourth-order valence-corrected chi connectivity index (χ4v) is 3.99. The predicted octanol–water partition coefficient (Wildman–Crippen LogP) is 4.73. The molecule has 1 fully saturated rings. The van der Waals surface area contributed by atoms with Crippen LogP contribution in [0.25, 0.3) is 6.08 Å². The topological polar surface area (TPSA) is 94.2 Å². The zero-order valence-corrected chi connectivity index (χ0v) is 20.1. The maximum Gasteiger partial charge on any atom is 0.335 e. The van der Waals surface area contributed by atoms with Crippen molar-refractivity contribution in [1.82, 2.24) is 5.32 Å². The lowest BCUT2D eigenvalue weighted by molar-refractivity contribution is -0.122. The molecule has 0 atom stereocenters. The number of fused-ring (bicyclic) bond motifs is 1. The molecule has 3 aromatic carbocycles. The Balaban J connectivity index is 1.42. The summed E-state index contributed by atoms with van der Waals surface area (Å²) in [5.74, 6) is 0.322. The number of anilines is 1. The number of ether oxygens (including phenoxy) is 3. The average Bonchev–Trinajstić information content (AvgIpc) is 3.31. The van der Waals surface area contributed by atoms with E-state index in [1.54, 1.807) is 42.5 Å². The Morgan fingerprint density at radius 2 is 1.83 bits per heavy atom. The molecule has 0 radical (unpaired) electrons.